The van der Waals surface area contributed by atoms with Crippen molar-refractivity contribution >= 4 is 0 Å². The zero-order valence-corrected chi connectivity index (χ0v) is 11.1. The van der Waals surface area contributed by atoms with E-state index >= 15 is 0 Å². The standard InChI is InChI=1S/C14H28O/c1-6-12(5)15-14-9-11(4)7-8-13(14)10(2)3/h10-14H,6-9H2,1-5H3. The van der Waals surface area contributed by atoms with E-state index in [0.717, 1.165) is 24.2 Å². The van der Waals surface area contributed by atoms with Gasteiger partial charge in [0.15, 0.2) is 0 Å². The lowest BCUT2D eigenvalue weighted by atomic mass is 9.75. The van der Waals surface area contributed by atoms with E-state index in [1.54, 1.807) is 0 Å². The van der Waals surface area contributed by atoms with E-state index < -0.39 is 0 Å². The first-order valence-corrected chi connectivity index (χ1v) is 6.70. The third-order valence-electron chi connectivity index (χ3n) is 3.94. The molecule has 90 valence electrons. The average molecular weight is 212 g/mol. The fourth-order valence-electron chi connectivity index (χ4n) is 2.67. The number of ether oxygens (including phenoxy) is 1. The molecule has 1 heteroatoms. The molecule has 4 atom stereocenters. The Labute approximate surface area is 95.6 Å². The minimum Gasteiger partial charge on any atom is -0.375 e. The van der Waals surface area contributed by atoms with Crippen LogP contribution in [0.15, 0.2) is 0 Å². The zero-order valence-electron chi connectivity index (χ0n) is 11.1. The van der Waals surface area contributed by atoms with Gasteiger partial charge in [0.2, 0.25) is 0 Å². The van der Waals surface area contributed by atoms with Gasteiger partial charge in [0, 0.05) is 0 Å². The van der Waals surface area contributed by atoms with Crippen molar-refractivity contribution in [1.29, 1.82) is 0 Å². The van der Waals surface area contributed by atoms with E-state index in [2.05, 4.69) is 34.6 Å². The van der Waals surface area contributed by atoms with Crippen molar-refractivity contribution in [3.63, 3.8) is 0 Å². The summed E-state index contributed by atoms with van der Waals surface area (Å²) in [5, 5.41) is 0. The van der Waals surface area contributed by atoms with Crippen LogP contribution in [0.2, 0.25) is 0 Å². The van der Waals surface area contributed by atoms with Gasteiger partial charge in [-0.3, -0.25) is 0 Å². The van der Waals surface area contributed by atoms with Crippen molar-refractivity contribution in [3.05, 3.63) is 0 Å². The Kier molecular flexibility index (Phi) is 5.11. The van der Waals surface area contributed by atoms with E-state index in [1.165, 1.54) is 19.3 Å². The fourth-order valence-corrected chi connectivity index (χ4v) is 2.67. The quantitative estimate of drug-likeness (QED) is 0.676. The monoisotopic (exact) mass is 212 g/mol. The highest BCUT2D eigenvalue weighted by molar-refractivity contribution is 4.81. The summed E-state index contributed by atoms with van der Waals surface area (Å²) in [6, 6.07) is 0. The molecule has 0 N–H and O–H groups in total. The molecular weight excluding hydrogens is 184 g/mol. The first-order valence-electron chi connectivity index (χ1n) is 6.70. The lowest BCUT2D eigenvalue weighted by molar-refractivity contribution is -0.0744. The average Bonchev–Trinajstić information content (AvgIpc) is 2.17. The van der Waals surface area contributed by atoms with Crippen molar-refractivity contribution in [3.8, 4) is 0 Å². The summed E-state index contributed by atoms with van der Waals surface area (Å²) in [5.74, 6) is 2.41. The van der Waals surface area contributed by atoms with Gasteiger partial charge in [-0.15, -0.1) is 0 Å². The largest absolute Gasteiger partial charge is 0.375 e. The molecule has 0 spiro atoms. The molecule has 0 aromatic carbocycles. The molecule has 0 heterocycles. The van der Waals surface area contributed by atoms with Gasteiger partial charge in [-0.25, -0.2) is 0 Å². The third-order valence-corrected chi connectivity index (χ3v) is 3.94. The van der Waals surface area contributed by atoms with Crippen LogP contribution in [-0.4, -0.2) is 12.2 Å². The van der Waals surface area contributed by atoms with Gasteiger partial charge in [-0.1, -0.05) is 34.1 Å². The molecule has 0 saturated heterocycles. The van der Waals surface area contributed by atoms with Crippen LogP contribution in [0.5, 0.6) is 0 Å². The van der Waals surface area contributed by atoms with Gasteiger partial charge in [0.1, 0.15) is 0 Å². The summed E-state index contributed by atoms with van der Waals surface area (Å²) in [7, 11) is 0. The Morgan fingerprint density at radius 2 is 1.87 bits per heavy atom. The molecule has 0 amide bonds. The topological polar surface area (TPSA) is 9.23 Å². The van der Waals surface area contributed by atoms with Crippen LogP contribution in [0, 0.1) is 17.8 Å². The van der Waals surface area contributed by atoms with Crippen LogP contribution in [-0.2, 0) is 4.74 Å². The molecule has 0 aliphatic heterocycles. The van der Waals surface area contributed by atoms with E-state index in [4.69, 9.17) is 4.74 Å². The maximum absolute atomic E-state index is 6.18. The van der Waals surface area contributed by atoms with E-state index in [-0.39, 0.29) is 0 Å². The molecule has 0 bridgehead atoms. The molecule has 1 rings (SSSR count). The van der Waals surface area contributed by atoms with Crippen molar-refractivity contribution < 1.29 is 4.74 Å². The van der Waals surface area contributed by atoms with Crippen LogP contribution in [0.25, 0.3) is 0 Å². The molecule has 1 aliphatic rings. The Bertz CT molecular complexity index is 176. The number of hydrogen-bond acceptors (Lipinski definition) is 1. The van der Waals surface area contributed by atoms with Gasteiger partial charge in [-0.2, -0.15) is 0 Å². The van der Waals surface area contributed by atoms with E-state index in [1.807, 2.05) is 0 Å². The molecule has 1 fully saturated rings. The smallest absolute Gasteiger partial charge is 0.0611 e. The lowest BCUT2D eigenvalue weighted by Gasteiger charge is -2.38. The third kappa shape index (κ3) is 3.79. The summed E-state index contributed by atoms with van der Waals surface area (Å²) in [4.78, 5) is 0. The van der Waals surface area contributed by atoms with Gasteiger partial charge >= 0.3 is 0 Å². The second-order valence-corrected chi connectivity index (χ2v) is 5.72. The maximum Gasteiger partial charge on any atom is 0.0611 e. The second kappa shape index (κ2) is 5.89. The van der Waals surface area contributed by atoms with Gasteiger partial charge in [0.05, 0.1) is 12.2 Å². The summed E-state index contributed by atoms with van der Waals surface area (Å²) in [6.45, 7) is 11.5. The molecular formula is C14H28O. The predicted octanol–water partition coefficient (Wildman–Crippen LogP) is 4.26. The first kappa shape index (κ1) is 13.0. The van der Waals surface area contributed by atoms with E-state index in [9.17, 15) is 0 Å². The molecule has 15 heavy (non-hydrogen) atoms. The molecule has 0 aromatic rings. The molecule has 4 unspecified atom stereocenters. The van der Waals surface area contributed by atoms with Crippen molar-refractivity contribution in [2.75, 3.05) is 0 Å². The molecule has 1 nitrogen and oxygen atoms in total. The Hall–Kier alpha value is -0.0400. The lowest BCUT2D eigenvalue weighted by Crippen LogP contribution is -2.36. The number of rotatable bonds is 4. The van der Waals surface area contributed by atoms with Gasteiger partial charge in [0.25, 0.3) is 0 Å². The van der Waals surface area contributed by atoms with Crippen molar-refractivity contribution in [2.45, 2.75) is 72.5 Å². The van der Waals surface area contributed by atoms with Crippen LogP contribution >= 0.6 is 0 Å². The highest BCUT2D eigenvalue weighted by Gasteiger charge is 2.31. The summed E-state index contributed by atoms with van der Waals surface area (Å²) in [6.07, 6.45) is 6.11. The van der Waals surface area contributed by atoms with Gasteiger partial charge in [-0.05, 0) is 43.9 Å². The first-order chi connectivity index (χ1) is 7.04. The Morgan fingerprint density at radius 3 is 2.40 bits per heavy atom. The van der Waals surface area contributed by atoms with Gasteiger partial charge < -0.3 is 4.74 Å². The van der Waals surface area contributed by atoms with Crippen LogP contribution < -0.4 is 0 Å². The maximum atomic E-state index is 6.18. The van der Waals surface area contributed by atoms with Crippen LogP contribution in [0.4, 0.5) is 0 Å². The predicted molar refractivity (Wildman–Crippen MR) is 66.0 cm³/mol. The Morgan fingerprint density at radius 1 is 1.20 bits per heavy atom. The van der Waals surface area contributed by atoms with E-state index in [0.29, 0.717) is 12.2 Å². The SMILES string of the molecule is CCC(C)OC1CC(C)CCC1C(C)C. The minimum absolute atomic E-state index is 0.432. The molecule has 0 radical (unpaired) electrons. The Balaban J connectivity index is 2.54. The van der Waals surface area contributed by atoms with Crippen molar-refractivity contribution in [2.24, 2.45) is 17.8 Å². The normalized spacial score (nSPS) is 34.4. The second-order valence-electron chi connectivity index (χ2n) is 5.72. The van der Waals surface area contributed by atoms with Crippen molar-refractivity contribution in [1.82, 2.24) is 0 Å². The fraction of sp³-hybridized carbons (Fsp3) is 1.00. The highest BCUT2D eigenvalue weighted by Crippen LogP contribution is 2.35. The van der Waals surface area contributed by atoms with Crippen LogP contribution in [0.1, 0.15) is 60.3 Å². The van der Waals surface area contributed by atoms with Crippen LogP contribution in [0.3, 0.4) is 0 Å². The summed E-state index contributed by atoms with van der Waals surface area (Å²) >= 11 is 0. The number of hydrogen-bond donors (Lipinski definition) is 0. The molecule has 0 aromatic heterocycles. The highest BCUT2D eigenvalue weighted by atomic mass is 16.5. The zero-order chi connectivity index (χ0) is 11.4. The molecule has 1 saturated carbocycles. The summed E-state index contributed by atoms with van der Waals surface area (Å²) < 4.78 is 6.18. The molecule has 1 aliphatic carbocycles. The minimum atomic E-state index is 0.432. The summed E-state index contributed by atoms with van der Waals surface area (Å²) in [5.41, 5.74) is 0.